The topological polar surface area (TPSA) is 78.4 Å². The third-order valence-electron chi connectivity index (χ3n) is 3.96. The van der Waals surface area contributed by atoms with Crippen LogP contribution >= 0.6 is 0 Å². The Labute approximate surface area is 140 Å². The molecule has 0 aromatic heterocycles. The van der Waals surface area contributed by atoms with Crippen molar-refractivity contribution in [2.24, 2.45) is 0 Å². The van der Waals surface area contributed by atoms with Gasteiger partial charge in [-0.3, -0.25) is 4.79 Å². The van der Waals surface area contributed by atoms with Crippen LogP contribution in [0.4, 0.5) is 0 Å². The van der Waals surface area contributed by atoms with Crippen molar-refractivity contribution in [1.82, 2.24) is 10.6 Å². The first-order valence-corrected chi connectivity index (χ1v) is 8.04. The minimum atomic E-state index is -0.921. The Morgan fingerprint density at radius 3 is 2.33 bits per heavy atom. The number of aromatic carboxylic acids is 1. The summed E-state index contributed by atoms with van der Waals surface area (Å²) in [6.07, 6.45) is 2.15. The number of hydrogen-bond acceptors (Lipinski definition) is 3. The first-order chi connectivity index (χ1) is 11.6. The second kappa shape index (κ2) is 7.27. The van der Waals surface area contributed by atoms with Gasteiger partial charge >= 0.3 is 5.97 Å². The molecule has 124 valence electrons. The van der Waals surface area contributed by atoms with E-state index in [4.69, 9.17) is 5.11 Å². The molecule has 1 aliphatic carbocycles. The van der Waals surface area contributed by atoms with Crippen molar-refractivity contribution in [3.8, 4) is 0 Å². The van der Waals surface area contributed by atoms with Crippen LogP contribution in [0.25, 0.3) is 0 Å². The highest BCUT2D eigenvalue weighted by atomic mass is 16.4. The van der Waals surface area contributed by atoms with Gasteiger partial charge in [0.25, 0.3) is 5.91 Å². The van der Waals surface area contributed by atoms with Crippen LogP contribution in [0.3, 0.4) is 0 Å². The summed E-state index contributed by atoms with van der Waals surface area (Å²) in [5, 5.41) is 15.2. The SMILES string of the molecule is O=C(O)c1ccc(CNCc2cccc(C(=O)NC3CC3)c2)cc1. The molecule has 0 atom stereocenters. The summed E-state index contributed by atoms with van der Waals surface area (Å²) in [4.78, 5) is 22.9. The molecule has 3 rings (SSSR count). The number of carbonyl (C=O) groups is 2. The normalized spacial score (nSPS) is 13.5. The minimum Gasteiger partial charge on any atom is -0.478 e. The summed E-state index contributed by atoms with van der Waals surface area (Å²) in [5.74, 6) is -0.931. The lowest BCUT2D eigenvalue weighted by atomic mass is 10.1. The van der Waals surface area contributed by atoms with Crippen molar-refractivity contribution in [2.75, 3.05) is 0 Å². The molecule has 0 spiro atoms. The Morgan fingerprint density at radius 1 is 0.958 bits per heavy atom. The molecule has 3 N–H and O–H groups in total. The molecule has 0 bridgehead atoms. The Kier molecular flexibility index (Phi) is 4.91. The molecular weight excluding hydrogens is 304 g/mol. The van der Waals surface area contributed by atoms with Crippen LogP contribution in [0, 0.1) is 0 Å². The molecule has 0 radical (unpaired) electrons. The summed E-state index contributed by atoms with van der Waals surface area (Å²) in [5.41, 5.74) is 3.03. The quantitative estimate of drug-likeness (QED) is 0.731. The summed E-state index contributed by atoms with van der Waals surface area (Å²) in [6.45, 7) is 1.28. The second-order valence-electron chi connectivity index (χ2n) is 6.05. The van der Waals surface area contributed by atoms with Crippen molar-refractivity contribution in [2.45, 2.75) is 32.0 Å². The van der Waals surface area contributed by atoms with E-state index < -0.39 is 5.97 Å². The fourth-order valence-electron chi connectivity index (χ4n) is 2.44. The monoisotopic (exact) mass is 324 g/mol. The number of carboxylic acids is 1. The summed E-state index contributed by atoms with van der Waals surface area (Å²) in [6, 6.07) is 14.8. The van der Waals surface area contributed by atoms with Gasteiger partial charge in [-0.15, -0.1) is 0 Å². The zero-order valence-electron chi connectivity index (χ0n) is 13.3. The van der Waals surface area contributed by atoms with Crippen molar-refractivity contribution in [3.63, 3.8) is 0 Å². The fourth-order valence-corrected chi connectivity index (χ4v) is 2.44. The maximum absolute atomic E-state index is 12.1. The van der Waals surface area contributed by atoms with Gasteiger partial charge in [-0.1, -0.05) is 24.3 Å². The molecule has 5 nitrogen and oxygen atoms in total. The van der Waals surface area contributed by atoms with Crippen molar-refractivity contribution < 1.29 is 14.7 Å². The van der Waals surface area contributed by atoms with Gasteiger partial charge in [-0.2, -0.15) is 0 Å². The Balaban J connectivity index is 1.52. The average Bonchev–Trinajstić information content (AvgIpc) is 3.39. The summed E-state index contributed by atoms with van der Waals surface area (Å²) < 4.78 is 0. The number of amides is 1. The first-order valence-electron chi connectivity index (χ1n) is 8.04. The van der Waals surface area contributed by atoms with E-state index in [1.165, 1.54) is 0 Å². The molecule has 5 heteroatoms. The summed E-state index contributed by atoms with van der Waals surface area (Å²) >= 11 is 0. The van der Waals surface area contributed by atoms with Crippen LogP contribution in [-0.4, -0.2) is 23.0 Å². The van der Waals surface area contributed by atoms with Gasteiger partial charge in [-0.25, -0.2) is 4.79 Å². The fraction of sp³-hybridized carbons (Fsp3) is 0.263. The molecule has 0 heterocycles. The van der Waals surface area contributed by atoms with E-state index >= 15 is 0 Å². The van der Waals surface area contributed by atoms with Gasteiger partial charge in [0.05, 0.1) is 5.56 Å². The highest BCUT2D eigenvalue weighted by Crippen LogP contribution is 2.19. The van der Waals surface area contributed by atoms with Crippen molar-refractivity contribution in [3.05, 3.63) is 70.8 Å². The van der Waals surface area contributed by atoms with E-state index in [0.29, 0.717) is 24.7 Å². The number of hydrogen-bond donors (Lipinski definition) is 3. The average molecular weight is 324 g/mol. The third kappa shape index (κ3) is 4.43. The number of rotatable bonds is 7. The molecule has 1 aliphatic rings. The third-order valence-corrected chi connectivity index (χ3v) is 3.96. The van der Waals surface area contributed by atoms with Gasteiger partial charge in [0, 0.05) is 24.7 Å². The van der Waals surface area contributed by atoms with E-state index in [1.54, 1.807) is 24.3 Å². The van der Waals surface area contributed by atoms with Crippen LogP contribution in [0.2, 0.25) is 0 Å². The van der Waals surface area contributed by atoms with E-state index in [2.05, 4.69) is 10.6 Å². The predicted octanol–water partition coefficient (Wildman–Crippen LogP) is 2.57. The van der Waals surface area contributed by atoms with Gasteiger partial charge < -0.3 is 15.7 Å². The maximum Gasteiger partial charge on any atom is 0.335 e. The smallest absolute Gasteiger partial charge is 0.335 e. The standard InChI is InChI=1S/C19H20N2O3/c22-18(21-17-8-9-17)16-3-1-2-14(10-16)12-20-11-13-4-6-15(7-5-13)19(23)24/h1-7,10,17,20H,8-9,11-12H2,(H,21,22)(H,23,24). The lowest BCUT2D eigenvalue weighted by molar-refractivity contribution is 0.0696. The Bertz CT molecular complexity index is 737. The van der Waals surface area contributed by atoms with Crippen LogP contribution in [-0.2, 0) is 13.1 Å². The van der Waals surface area contributed by atoms with E-state index in [9.17, 15) is 9.59 Å². The lowest BCUT2D eigenvalue weighted by Crippen LogP contribution is -2.25. The highest BCUT2D eigenvalue weighted by Gasteiger charge is 2.23. The van der Waals surface area contributed by atoms with E-state index in [-0.39, 0.29) is 11.5 Å². The molecule has 0 aliphatic heterocycles. The number of nitrogens with one attached hydrogen (secondary N) is 2. The van der Waals surface area contributed by atoms with Crippen LogP contribution in [0.15, 0.2) is 48.5 Å². The molecule has 1 fully saturated rings. The molecule has 24 heavy (non-hydrogen) atoms. The first kappa shape index (κ1) is 16.2. The lowest BCUT2D eigenvalue weighted by Gasteiger charge is -2.08. The van der Waals surface area contributed by atoms with Crippen LogP contribution in [0.5, 0.6) is 0 Å². The summed E-state index contributed by atoms with van der Waals surface area (Å²) in [7, 11) is 0. The minimum absolute atomic E-state index is 0.0105. The van der Waals surface area contributed by atoms with Gasteiger partial charge in [0.1, 0.15) is 0 Å². The molecule has 2 aromatic rings. The van der Waals surface area contributed by atoms with Crippen molar-refractivity contribution in [1.29, 1.82) is 0 Å². The molecule has 0 unspecified atom stereocenters. The highest BCUT2D eigenvalue weighted by molar-refractivity contribution is 5.94. The van der Waals surface area contributed by atoms with Gasteiger partial charge in [0.2, 0.25) is 0 Å². The molecule has 1 amide bonds. The maximum atomic E-state index is 12.1. The van der Waals surface area contributed by atoms with E-state index in [1.807, 2.05) is 24.3 Å². The number of carbonyl (C=O) groups excluding carboxylic acids is 1. The zero-order valence-corrected chi connectivity index (χ0v) is 13.3. The van der Waals surface area contributed by atoms with Crippen LogP contribution < -0.4 is 10.6 Å². The van der Waals surface area contributed by atoms with Crippen molar-refractivity contribution >= 4 is 11.9 Å². The molecule has 0 saturated heterocycles. The predicted molar refractivity (Wildman–Crippen MR) is 90.9 cm³/mol. The Hall–Kier alpha value is -2.66. The van der Waals surface area contributed by atoms with E-state index in [0.717, 1.165) is 24.0 Å². The number of benzene rings is 2. The molecular formula is C19H20N2O3. The Morgan fingerprint density at radius 2 is 1.67 bits per heavy atom. The largest absolute Gasteiger partial charge is 0.478 e. The van der Waals surface area contributed by atoms with Gasteiger partial charge in [0.15, 0.2) is 0 Å². The van der Waals surface area contributed by atoms with Gasteiger partial charge in [-0.05, 0) is 48.2 Å². The molecule has 2 aromatic carbocycles. The molecule has 1 saturated carbocycles. The zero-order chi connectivity index (χ0) is 16.9. The number of carboxylic acid groups (broad SMARTS) is 1. The second-order valence-corrected chi connectivity index (χ2v) is 6.05. The van der Waals surface area contributed by atoms with Crippen LogP contribution in [0.1, 0.15) is 44.7 Å².